The summed E-state index contributed by atoms with van der Waals surface area (Å²) in [5, 5.41) is 16.6. The molecule has 0 saturated carbocycles. The number of fused-ring (bicyclic) bond motifs is 2. The molecule has 0 aromatic heterocycles. The van der Waals surface area contributed by atoms with Crippen molar-refractivity contribution in [2.45, 2.75) is 44.6 Å². The first kappa shape index (κ1) is 27.4. The molecule has 2 aliphatic heterocycles. The van der Waals surface area contributed by atoms with Crippen LogP contribution in [0.15, 0.2) is 41.5 Å². The molecule has 2 amide bonds. The van der Waals surface area contributed by atoms with Crippen molar-refractivity contribution in [2.75, 3.05) is 18.0 Å². The number of hydrogen-bond donors (Lipinski definition) is 0. The van der Waals surface area contributed by atoms with Crippen molar-refractivity contribution in [3.63, 3.8) is 0 Å². The van der Waals surface area contributed by atoms with Crippen molar-refractivity contribution in [1.82, 2.24) is 5.01 Å². The third-order valence-electron chi connectivity index (χ3n) is 6.08. The summed E-state index contributed by atoms with van der Waals surface area (Å²) in [5.41, 5.74) is -0.771. The molecule has 2 aromatic rings. The average Bonchev–Trinajstić information content (AvgIpc) is 3.20. The Bertz CT molecular complexity index is 1350. The summed E-state index contributed by atoms with van der Waals surface area (Å²) in [6.07, 6.45) is -0.908. The zero-order valence-electron chi connectivity index (χ0n) is 21.0. The number of hydrazone groups is 1. The SMILES string of the molecule is CC(=O)N1N=C(c2cc(F)ccc2F)SC12c1cc(F)ccc1N(C(=O)OC(C)(C)C)CC2CC[N+](=O)[O-]. The molecule has 2 aromatic carbocycles. The van der Waals surface area contributed by atoms with Gasteiger partial charge in [0.25, 0.3) is 0 Å². The van der Waals surface area contributed by atoms with Crippen molar-refractivity contribution in [1.29, 1.82) is 0 Å². The van der Waals surface area contributed by atoms with Crippen LogP contribution in [0.25, 0.3) is 0 Å². The molecule has 0 aliphatic carbocycles. The van der Waals surface area contributed by atoms with Crippen LogP contribution in [0.2, 0.25) is 0 Å². The Kier molecular flexibility index (Phi) is 7.17. The van der Waals surface area contributed by atoms with E-state index in [4.69, 9.17) is 4.74 Å². The van der Waals surface area contributed by atoms with Crippen LogP contribution in [0, 0.1) is 33.5 Å². The van der Waals surface area contributed by atoms with E-state index in [9.17, 15) is 32.9 Å². The molecule has 38 heavy (non-hydrogen) atoms. The van der Waals surface area contributed by atoms with E-state index < -0.39 is 57.3 Å². The number of anilines is 1. The Labute approximate surface area is 220 Å². The summed E-state index contributed by atoms with van der Waals surface area (Å²) < 4.78 is 49.1. The van der Waals surface area contributed by atoms with Gasteiger partial charge < -0.3 is 4.74 Å². The topological polar surface area (TPSA) is 105 Å². The Balaban J connectivity index is 1.93. The normalized spacial score (nSPS) is 20.8. The summed E-state index contributed by atoms with van der Waals surface area (Å²) in [6, 6.07) is 6.37. The number of halogens is 3. The molecule has 0 bridgehead atoms. The third kappa shape index (κ3) is 5.06. The van der Waals surface area contributed by atoms with E-state index in [1.54, 1.807) is 20.8 Å². The lowest BCUT2D eigenvalue weighted by molar-refractivity contribution is -0.482. The molecule has 4 rings (SSSR count). The van der Waals surface area contributed by atoms with E-state index in [-0.39, 0.29) is 34.8 Å². The molecule has 13 heteroatoms. The summed E-state index contributed by atoms with van der Waals surface area (Å²) >= 11 is 0.865. The van der Waals surface area contributed by atoms with Gasteiger partial charge in [0.05, 0.1) is 5.69 Å². The van der Waals surface area contributed by atoms with Crippen molar-refractivity contribution in [2.24, 2.45) is 11.0 Å². The van der Waals surface area contributed by atoms with Gasteiger partial charge in [-0.3, -0.25) is 19.8 Å². The second kappa shape index (κ2) is 9.93. The second-order valence-electron chi connectivity index (χ2n) is 9.95. The minimum atomic E-state index is -1.59. The van der Waals surface area contributed by atoms with Gasteiger partial charge >= 0.3 is 6.09 Å². The molecular formula is C25H25F3N4O5S. The highest BCUT2D eigenvalue weighted by molar-refractivity contribution is 8.15. The van der Waals surface area contributed by atoms with Crippen molar-refractivity contribution in [3.05, 3.63) is 75.1 Å². The van der Waals surface area contributed by atoms with E-state index in [1.807, 2.05) is 0 Å². The van der Waals surface area contributed by atoms with E-state index in [0.29, 0.717) is 0 Å². The zero-order chi connectivity index (χ0) is 28.0. The maximum atomic E-state index is 14.8. The Morgan fingerprint density at radius 3 is 2.47 bits per heavy atom. The van der Waals surface area contributed by atoms with Crippen LogP contribution < -0.4 is 4.90 Å². The van der Waals surface area contributed by atoms with Crippen LogP contribution in [-0.2, 0) is 14.4 Å². The Morgan fingerprint density at radius 2 is 1.84 bits per heavy atom. The number of nitro groups is 1. The minimum Gasteiger partial charge on any atom is -0.443 e. The number of carbonyl (C=O) groups is 2. The molecule has 2 heterocycles. The lowest BCUT2D eigenvalue weighted by atomic mass is 9.83. The van der Waals surface area contributed by atoms with Crippen LogP contribution in [0.1, 0.15) is 45.2 Å². The van der Waals surface area contributed by atoms with Crippen LogP contribution >= 0.6 is 11.8 Å². The molecule has 0 radical (unpaired) electrons. The minimum absolute atomic E-state index is 0.0655. The second-order valence-corrected chi connectivity index (χ2v) is 11.2. The number of ether oxygens (including phenoxy) is 1. The van der Waals surface area contributed by atoms with Gasteiger partial charge in [0.1, 0.15) is 33.0 Å². The van der Waals surface area contributed by atoms with Crippen LogP contribution in [0.3, 0.4) is 0 Å². The standard InChI is InChI=1S/C25H25F3N4O5S/c1-14(33)32-25(38-22(29-32)18-11-16(26)5-7-20(18)28)15(9-10-31(35)36)13-30(23(34)37-24(2,3)4)21-8-6-17(27)12-19(21)25/h5-8,11-12,15H,9-10,13H2,1-4H3. The Hall–Kier alpha value is -3.61. The van der Waals surface area contributed by atoms with E-state index in [0.717, 1.165) is 47.1 Å². The van der Waals surface area contributed by atoms with E-state index >= 15 is 0 Å². The number of rotatable bonds is 4. The monoisotopic (exact) mass is 550 g/mol. The summed E-state index contributed by atoms with van der Waals surface area (Å²) in [6.45, 7) is 5.53. The van der Waals surface area contributed by atoms with Gasteiger partial charge in [0, 0.05) is 41.9 Å². The van der Waals surface area contributed by atoms with Gasteiger partial charge in [0.15, 0.2) is 0 Å². The van der Waals surface area contributed by atoms with Gasteiger partial charge in [-0.2, -0.15) is 5.10 Å². The molecule has 9 nitrogen and oxygen atoms in total. The van der Waals surface area contributed by atoms with Gasteiger partial charge in [-0.1, -0.05) is 11.8 Å². The van der Waals surface area contributed by atoms with Crippen molar-refractivity contribution in [3.8, 4) is 0 Å². The maximum Gasteiger partial charge on any atom is 0.414 e. The summed E-state index contributed by atoms with van der Waals surface area (Å²) in [7, 11) is 0. The molecule has 2 unspecified atom stereocenters. The molecule has 0 saturated heterocycles. The molecule has 2 aliphatic rings. The molecule has 2 atom stereocenters. The average molecular weight is 551 g/mol. The number of hydrogen-bond acceptors (Lipinski definition) is 7. The molecule has 0 N–H and O–H groups in total. The smallest absolute Gasteiger partial charge is 0.414 e. The fourth-order valence-electron chi connectivity index (χ4n) is 4.61. The number of benzene rings is 2. The molecule has 0 fully saturated rings. The number of carbonyl (C=O) groups excluding carboxylic acids is 2. The highest BCUT2D eigenvalue weighted by Gasteiger charge is 2.58. The fraction of sp³-hybridized carbons (Fsp3) is 0.400. The molecule has 1 spiro atoms. The first-order valence-corrected chi connectivity index (χ1v) is 12.5. The largest absolute Gasteiger partial charge is 0.443 e. The lowest BCUT2D eigenvalue weighted by Gasteiger charge is -2.48. The fourth-order valence-corrected chi connectivity index (χ4v) is 6.18. The highest BCUT2D eigenvalue weighted by Crippen LogP contribution is 2.58. The Morgan fingerprint density at radius 1 is 1.18 bits per heavy atom. The first-order valence-electron chi connectivity index (χ1n) is 11.7. The molecule has 202 valence electrons. The predicted octanol–water partition coefficient (Wildman–Crippen LogP) is 5.25. The van der Waals surface area contributed by atoms with Gasteiger partial charge in [0.2, 0.25) is 12.5 Å². The number of amides is 2. The van der Waals surface area contributed by atoms with Gasteiger partial charge in [-0.25, -0.2) is 23.0 Å². The predicted molar refractivity (Wildman–Crippen MR) is 135 cm³/mol. The molecular weight excluding hydrogens is 525 g/mol. The van der Waals surface area contributed by atoms with Crippen molar-refractivity contribution >= 4 is 34.5 Å². The van der Waals surface area contributed by atoms with E-state index in [1.165, 1.54) is 17.9 Å². The van der Waals surface area contributed by atoms with Crippen LogP contribution in [0.4, 0.5) is 23.7 Å². The quantitative estimate of drug-likeness (QED) is 0.380. The lowest BCUT2D eigenvalue weighted by Crippen LogP contribution is -2.56. The summed E-state index contributed by atoms with van der Waals surface area (Å²) in [5.74, 6) is -3.73. The van der Waals surface area contributed by atoms with Crippen molar-refractivity contribution < 1.29 is 32.4 Å². The third-order valence-corrected chi connectivity index (χ3v) is 7.61. The number of nitrogens with zero attached hydrogens (tertiary/aromatic N) is 4. The van der Waals surface area contributed by atoms with Gasteiger partial charge in [-0.15, -0.1) is 0 Å². The zero-order valence-corrected chi connectivity index (χ0v) is 21.9. The maximum absolute atomic E-state index is 14.8. The van der Waals surface area contributed by atoms with Crippen LogP contribution in [-0.4, -0.2) is 45.7 Å². The summed E-state index contributed by atoms with van der Waals surface area (Å²) in [4.78, 5) is 36.6. The van der Waals surface area contributed by atoms with Crippen LogP contribution in [0.5, 0.6) is 0 Å². The van der Waals surface area contributed by atoms with E-state index in [2.05, 4.69) is 5.10 Å². The highest BCUT2D eigenvalue weighted by atomic mass is 32.2. The number of thioether (sulfide) groups is 1. The van der Waals surface area contributed by atoms with Gasteiger partial charge in [-0.05, 0) is 57.2 Å². The first-order chi connectivity index (χ1) is 17.7.